The second kappa shape index (κ2) is 6.89. The third-order valence-electron chi connectivity index (χ3n) is 3.26. The minimum atomic E-state index is -0.0747. The molecule has 102 valence electrons. The zero-order valence-electron chi connectivity index (χ0n) is 12.1. The lowest BCUT2D eigenvalue weighted by molar-refractivity contribution is 0.315. The number of benzene rings is 1. The van der Waals surface area contributed by atoms with E-state index >= 15 is 0 Å². The molecule has 0 radical (unpaired) electrons. The van der Waals surface area contributed by atoms with E-state index in [2.05, 4.69) is 26.1 Å². The smallest absolute Gasteiger partial charge is 0.126 e. The normalized spacial score (nSPS) is 13.6. The van der Waals surface area contributed by atoms with Crippen LogP contribution in [-0.2, 0) is 6.42 Å². The molecule has 0 saturated carbocycles. The van der Waals surface area contributed by atoms with Crippen LogP contribution < -0.4 is 5.32 Å². The van der Waals surface area contributed by atoms with Crippen LogP contribution in [0.4, 0.5) is 4.39 Å². The van der Waals surface area contributed by atoms with Gasteiger partial charge in [0.2, 0.25) is 0 Å². The first-order chi connectivity index (χ1) is 8.42. The number of hydrogen-bond donors (Lipinski definition) is 1. The van der Waals surface area contributed by atoms with Crippen molar-refractivity contribution in [2.24, 2.45) is 11.3 Å². The molecule has 0 spiro atoms. The molecule has 1 rings (SSSR count). The first kappa shape index (κ1) is 15.2. The molecule has 1 N–H and O–H groups in total. The first-order valence-corrected chi connectivity index (χ1v) is 6.80. The summed E-state index contributed by atoms with van der Waals surface area (Å²) in [6.07, 6.45) is 3.13. The lowest BCUT2D eigenvalue weighted by atomic mass is 9.84. The van der Waals surface area contributed by atoms with Crippen LogP contribution in [0.1, 0.15) is 39.2 Å². The lowest BCUT2D eigenvalue weighted by Crippen LogP contribution is -2.22. The number of nitrogens with one attached hydrogen (secondary N) is 1. The maximum Gasteiger partial charge on any atom is 0.126 e. The molecule has 0 aliphatic heterocycles. The Balaban J connectivity index is 2.60. The van der Waals surface area contributed by atoms with Crippen molar-refractivity contribution in [3.63, 3.8) is 0 Å². The van der Waals surface area contributed by atoms with Crippen molar-refractivity contribution in [2.75, 3.05) is 13.6 Å². The standard InChI is InChI=1S/C16H26FN/c1-16(2,3)10-9-13(12-18-4)11-14-7-5-6-8-15(14)17/h5-8,13,18H,9-12H2,1-4H3. The second-order valence-electron chi connectivity index (χ2n) is 6.32. The van der Waals surface area contributed by atoms with Gasteiger partial charge in [0.25, 0.3) is 0 Å². The molecule has 18 heavy (non-hydrogen) atoms. The Morgan fingerprint density at radius 3 is 2.44 bits per heavy atom. The Morgan fingerprint density at radius 2 is 1.89 bits per heavy atom. The molecule has 0 bridgehead atoms. The van der Waals surface area contributed by atoms with Crippen LogP contribution in [0.3, 0.4) is 0 Å². The molecule has 1 nitrogen and oxygen atoms in total. The van der Waals surface area contributed by atoms with Gasteiger partial charge >= 0.3 is 0 Å². The predicted octanol–water partition coefficient (Wildman–Crippen LogP) is 4.03. The summed E-state index contributed by atoms with van der Waals surface area (Å²) in [5.74, 6) is 0.431. The lowest BCUT2D eigenvalue weighted by Gasteiger charge is -2.23. The maximum atomic E-state index is 13.6. The van der Waals surface area contributed by atoms with Gasteiger partial charge in [-0.15, -0.1) is 0 Å². The van der Waals surface area contributed by atoms with Gasteiger partial charge in [-0.25, -0.2) is 4.39 Å². The molecule has 0 fully saturated rings. The van der Waals surface area contributed by atoms with Gasteiger partial charge in [0.1, 0.15) is 5.82 Å². The number of hydrogen-bond acceptors (Lipinski definition) is 1. The van der Waals surface area contributed by atoms with Gasteiger partial charge < -0.3 is 5.32 Å². The van der Waals surface area contributed by atoms with Crippen molar-refractivity contribution in [3.05, 3.63) is 35.6 Å². The quantitative estimate of drug-likeness (QED) is 0.805. The summed E-state index contributed by atoms with van der Waals surface area (Å²) in [5, 5.41) is 3.22. The molecule has 0 amide bonds. The van der Waals surface area contributed by atoms with Crippen LogP contribution in [0.25, 0.3) is 0 Å². The van der Waals surface area contributed by atoms with E-state index in [1.165, 1.54) is 6.42 Å². The van der Waals surface area contributed by atoms with Crippen LogP contribution in [0.2, 0.25) is 0 Å². The van der Waals surface area contributed by atoms with E-state index in [9.17, 15) is 4.39 Å². The summed E-state index contributed by atoms with van der Waals surface area (Å²) in [6.45, 7) is 7.72. The fourth-order valence-electron chi connectivity index (χ4n) is 2.18. The molecular formula is C16H26FN. The predicted molar refractivity (Wildman–Crippen MR) is 76.2 cm³/mol. The molecule has 0 aliphatic rings. The average Bonchev–Trinajstić information content (AvgIpc) is 2.28. The van der Waals surface area contributed by atoms with Crippen molar-refractivity contribution in [1.82, 2.24) is 5.32 Å². The molecular weight excluding hydrogens is 225 g/mol. The van der Waals surface area contributed by atoms with Gasteiger partial charge in [-0.3, -0.25) is 0 Å². The van der Waals surface area contributed by atoms with Crippen LogP contribution in [0.5, 0.6) is 0 Å². The fourth-order valence-corrected chi connectivity index (χ4v) is 2.18. The Hall–Kier alpha value is -0.890. The topological polar surface area (TPSA) is 12.0 Å². The highest BCUT2D eigenvalue weighted by Crippen LogP contribution is 2.25. The Labute approximate surface area is 111 Å². The van der Waals surface area contributed by atoms with Gasteiger partial charge in [-0.2, -0.15) is 0 Å². The van der Waals surface area contributed by atoms with Crippen molar-refractivity contribution < 1.29 is 4.39 Å². The molecule has 2 heteroatoms. The SMILES string of the molecule is CNCC(CCC(C)(C)C)Cc1ccccc1F. The van der Waals surface area contributed by atoms with Crippen LogP contribution in [0.15, 0.2) is 24.3 Å². The van der Waals surface area contributed by atoms with Crippen molar-refractivity contribution >= 4 is 0 Å². The van der Waals surface area contributed by atoms with Gasteiger partial charge in [0, 0.05) is 0 Å². The largest absolute Gasteiger partial charge is 0.319 e. The van der Waals surface area contributed by atoms with E-state index in [0.29, 0.717) is 11.3 Å². The zero-order valence-corrected chi connectivity index (χ0v) is 12.1. The fraction of sp³-hybridized carbons (Fsp3) is 0.625. The average molecular weight is 251 g/mol. The van der Waals surface area contributed by atoms with E-state index in [1.54, 1.807) is 12.1 Å². The van der Waals surface area contributed by atoms with Crippen LogP contribution >= 0.6 is 0 Å². The van der Waals surface area contributed by atoms with E-state index in [0.717, 1.165) is 24.9 Å². The summed E-state index contributed by atoms with van der Waals surface area (Å²) in [5.41, 5.74) is 1.19. The van der Waals surface area contributed by atoms with Crippen LogP contribution in [0, 0.1) is 17.2 Å². The maximum absolute atomic E-state index is 13.6. The zero-order chi connectivity index (χ0) is 13.6. The highest BCUT2D eigenvalue weighted by atomic mass is 19.1. The van der Waals surface area contributed by atoms with E-state index < -0.39 is 0 Å². The van der Waals surface area contributed by atoms with Gasteiger partial charge in [0.05, 0.1) is 0 Å². The Morgan fingerprint density at radius 1 is 1.22 bits per heavy atom. The molecule has 1 unspecified atom stereocenters. The number of rotatable bonds is 6. The molecule has 0 aliphatic carbocycles. The summed E-state index contributed by atoms with van der Waals surface area (Å²) in [7, 11) is 1.96. The highest BCUT2D eigenvalue weighted by Gasteiger charge is 2.16. The molecule has 0 aromatic heterocycles. The van der Waals surface area contributed by atoms with E-state index in [4.69, 9.17) is 0 Å². The van der Waals surface area contributed by atoms with E-state index in [1.807, 2.05) is 19.2 Å². The Kier molecular flexibility index (Phi) is 5.80. The summed E-state index contributed by atoms with van der Waals surface area (Å²) >= 11 is 0. The minimum absolute atomic E-state index is 0.0747. The van der Waals surface area contributed by atoms with Crippen molar-refractivity contribution in [3.8, 4) is 0 Å². The van der Waals surface area contributed by atoms with Crippen molar-refractivity contribution in [1.29, 1.82) is 0 Å². The van der Waals surface area contributed by atoms with Crippen LogP contribution in [-0.4, -0.2) is 13.6 Å². The second-order valence-corrected chi connectivity index (χ2v) is 6.32. The molecule has 1 aromatic carbocycles. The summed E-state index contributed by atoms with van der Waals surface area (Å²) < 4.78 is 13.6. The summed E-state index contributed by atoms with van der Waals surface area (Å²) in [4.78, 5) is 0. The van der Waals surface area contributed by atoms with Gasteiger partial charge in [-0.05, 0) is 55.8 Å². The highest BCUT2D eigenvalue weighted by molar-refractivity contribution is 5.17. The first-order valence-electron chi connectivity index (χ1n) is 6.80. The molecule has 1 atom stereocenters. The summed E-state index contributed by atoms with van der Waals surface area (Å²) in [6, 6.07) is 7.12. The van der Waals surface area contributed by atoms with Gasteiger partial charge in [-0.1, -0.05) is 39.0 Å². The number of halogens is 1. The third-order valence-corrected chi connectivity index (χ3v) is 3.26. The van der Waals surface area contributed by atoms with E-state index in [-0.39, 0.29) is 5.82 Å². The monoisotopic (exact) mass is 251 g/mol. The van der Waals surface area contributed by atoms with Gasteiger partial charge in [0.15, 0.2) is 0 Å². The third kappa shape index (κ3) is 5.63. The molecule has 0 heterocycles. The molecule has 1 aromatic rings. The Bertz CT molecular complexity index is 354. The van der Waals surface area contributed by atoms with Crippen molar-refractivity contribution in [2.45, 2.75) is 40.0 Å². The molecule has 0 saturated heterocycles. The minimum Gasteiger partial charge on any atom is -0.319 e.